The van der Waals surface area contributed by atoms with E-state index >= 15 is 0 Å². The van der Waals surface area contributed by atoms with Gasteiger partial charge in [0.25, 0.3) is 5.91 Å². The highest BCUT2D eigenvalue weighted by Crippen LogP contribution is 2.33. The molecule has 136 valence electrons. The summed E-state index contributed by atoms with van der Waals surface area (Å²) in [7, 11) is 3.19. The standard InChI is InChI=1S/C19H16N4O3S/c1-25-12-4-5-13(16(8-12)26-2)15-9-18(23-22-15)21-19(24)11-3-6-14-17(7-11)27-10-20-14/h3-10H,1-2H3,(H2,21,22,23,24). The molecular formula is C19H16N4O3S. The van der Waals surface area contributed by atoms with E-state index < -0.39 is 0 Å². The van der Waals surface area contributed by atoms with E-state index in [4.69, 9.17) is 9.47 Å². The lowest BCUT2D eigenvalue weighted by Gasteiger charge is -2.08. The number of benzene rings is 2. The summed E-state index contributed by atoms with van der Waals surface area (Å²) in [5, 5.41) is 9.90. The number of carbonyl (C=O) groups excluding carboxylic acids is 1. The lowest BCUT2D eigenvalue weighted by Crippen LogP contribution is -2.11. The highest BCUT2D eigenvalue weighted by molar-refractivity contribution is 7.16. The van der Waals surface area contributed by atoms with Crippen LogP contribution in [0.3, 0.4) is 0 Å². The number of nitrogens with one attached hydrogen (secondary N) is 2. The van der Waals surface area contributed by atoms with Gasteiger partial charge in [-0.15, -0.1) is 11.3 Å². The minimum atomic E-state index is -0.231. The van der Waals surface area contributed by atoms with Crippen molar-refractivity contribution in [2.45, 2.75) is 0 Å². The Morgan fingerprint density at radius 2 is 2.00 bits per heavy atom. The molecule has 0 radical (unpaired) electrons. The van der Waals surface area contributed by atoms with Crippen LogP contribution in [0.1, 0.15) is 10.4 Å². The van der Waals surface area contributed by atoms with Gasteiger partial charge in [0.05, 0.1) is 35.6 Å². The van der Waals surface area contributed by atoms with Crippen LogP contribution in [-0.2, 0) is 0 Å². The molecule has 0 unspecified atom stereocenters. The molecule has 4 rings (SSSR count). The maximum atomic E-state index is 12.5. The van der Waals surface area contributed by atoms with Gasteiger partial charge in [0, 0.05) is 23.3 Å². The predicted molar refractivity (Wildman–Crippen MR) is 105 cm³/mol. The van der Waals surface area contributed by atoms with Crippen LogP contribution in [0.2, 0.25) is 0 Å². The van der Waals surface area contributed by atoms with Crippen LogP contribution < -0.4 is 14.8 Å². The molecular weight excluding hydrogens is 364 g/mol. The lowest BCUT2D eigenvalue weighted by atomic mass is 10.1. The van der Waals surface area contributed by atoms with Crippen LogP contribution in [0.4, 0.5) is 5.82 Å². The van der Waals surface area contributed by atoms with E-state index in [1.807, 2.05) is 24.3 Å². The van der Waals surface area contributed by atoms with Crippen molar-refractivity contribution in [3.8, 4) is 22.8 Å². The number of H-pyrrole nitrogens is 1. The topological polar surface area (TPSA) is 89.1 Å². The van der Waals surface area contributed by atoms with Crippen LogP contribution in [0.25, 0.3) is 21.5 Å². The predicted octanol–water partition coefficient (Wildman–Crippen LogP) is 3.96. The molecule has 0 saturated heterocycles. The summed E-state index contributed by atoms with van der Waals surface area (Å²) in [4.78, 5) is 16.7. The fourth-order valence-electron chi connectivity index (χ4n) is 2.73. The Hall–Kier alpha value is -3.39. The van der Waals surface area contributed by atoms with E-state index in [1.54, 1.807) is 37.9 Å². The SMILES string of the molecule is COc1ccc(-c2cc(NC(=O)c3ccc4ncsc4c3)n[nH]2)c(OC)c1. The van der Waals surface area contributed by atoms with Crippen molar-refractivity contribution in [2.24, 2.45) is 0 Å². The average Bonchev–Trinajstić information content (AvgIpc) is 3.36. The number of hydrogen-bond acceptors (Lipinski definition) is 6. The maximum Gasteiger partial charge on any atom is 0.256 e. The fourth-order valence-corrected chi connectivity index (χ4v) is 3.45. The molecule has 0 aliphatic rings. The first kappa shape index (κ1) is 17.0. The number of carbonyl (C=O) groups is 1. The van der Waals surface area contributed by atoms with Gasteiger partial charge in [-0.1, -0.05) is 0 Å². The Labute approximate surface area is 159 Å². The molecule has 2 heterocycles. The Morgan fingerprint density at radius 1 is 1.11 bits per heavy atom. The van der Waals surface area contributed by atoms with Crippen LogP contribution in [0, 0.1) is 0 Å². The second kappa shape index (κ2) is 7.08. The van der Waals surface area contributed by atoms with Crippen LogP contribution in [0.5, 0.6) is 11.5 Å². The van der Waals surface area contributed by atoms with Gasteiger partial charge in [-0.3, -0.25) is 9.89 Å². The Morgan fingerprint density at radius 3 is 2.81 bits per heavy atom. The average molecular weight is 380 g/mol. The second-order valence-corrected chi connectivity index (χ2v) is 6.61. The van der Waals surface area contributed by atoms with Crippen molar-refractivity contribution in [3.63, 3.8) is 0 Å². The molecule has 2 aromatic heterocycles. The molecule has 0 spiro atoms. The molecule has 2 N–H and O–H groups in total. The van der Waals surface area contributed by atoms with E-state index in [9.17, 15) is 4.79 Å². The smallest absolute Gasteiger partial charge is 0.256 e. The third-order valence-electron chi connectivity index (χ3n) is 4.11. The van der Waals surface area contributed by atoms with Gasteiger partial charge in [-0.25, -0.2) is 4.98 Å². The van der Waals surface area contributed by atoms with E-state index in [-0.39, 0.29) is 5.91 Å². The monoisotopic (exact) mass is 380 g/mol. The van der Waals surface area contributed by atoms with E-state index in [0.29, 0.717) is 22.9 Å². The van der Waals surface area contributed by atoms with Crippen molar-refractivity contribution in [2.75, 3.05) is 19.5 Å². The first-order valence-corrected chi connectivity index (χ1v) is 8.98. The van der Waals surface area contributed by atoms with Gasteiger partial charge in [-0.05, 0) is 30.3 Å². The Kier molecular flexibility index (Phi) is 4.47. The number of thiazole rings is 1. The highest BCUT2D eigenvalue weighted by Gasteiger charge is 2.13. The summed E-state index contributed by atoms with van der Waals surface area (Å²) >= 11 is 1.50. The minimum Gasteiger partial charge on any atom is -0.497 e. The number of rotatable bonds is 5. The normalized spacial score (nSPS) is 10.7. The first-order valence-electron chi connectivity index (χ1n) is 8.10. The summed E-state index contributed by atoms with van der Waals surface area (Å²) in [6.07, 6.45) is 0. The summed E-state index contributed by atoms with van der Waals surface area (Å²) in [5.41, 5.74) is 4.73. The zero-order valence-electron chi connectivity index (χ0n) is 14.6. The van der Waals surface area contributed by atoms with Crippen molar-refractivity contribution in [1.29, 1.82) is 0 Å². The number of methoxy groups -OCH3 is 2. The Balaban J connectivity index is 1.56. The molecule has 4 aromatic rings. The quantitative estimate of drug-likeness (QED) is 0.547. The summed E-state index contributed by atoms with van der Waals surface area (Å²) in [5.74, 6) is 1.54. The van der Waals surface area contributed by atoms with Crippen molar-refractivity contribution in [3.05, 3.63) is 53.5 Å². The van der Waals surface area contributed by atoms with Gasteiger partial charge in [0.15, 0.2) is 5.82 Å². The molecule has 0 bridgehead atoms. The number of aromatic amines is 1. The number of aromatic nitrogens is 3. The number of anilines is 1. The number of nitrogens with zero attached hydrogens (tertiary/aromatic N) is 2. The summed E-state index contributed by atoms with van der Waals surface area (Å²) < 4.78 is 11.6. The summed E-state index contributed by atoms with van der Waals surface area (Å²) in [6, 6.07) is 12.7. The van der Waals surface area contributed by atoms with Crippen LogP contribution in [-0.4, -0.2) is 35.3 Å². The highest BCUT2D eigenvalue weighted by atomic mass is 32.1. The number of fused-ring (bicyclic) bond motifs is 1. The maximum absolute atomic E-state index is 12.5. The molecule has 0 saturated carbocycles. The molecule has 0 atom stereocenters. The third kappa shape index (κ3) is 3.34. The van der Waals surface area contributed by atoms with Crippen LogP contribution >= 0.6 is 11.3 Å². The molecule has 8 heteroatoms. The van der Waals surface area contributed by atoms with Crippen molar-refractivity contribution in [1.82, 2.24) is 15.2 Å². The molecule has 0 aliphatic carbocycles. The summed E-state index contributed by atoms with van der Waals surface area (Å²) in [6.45, 7) is 0. The largest absolute Gasteiger partial charge is 0.497 e. The van der Waals surface area contributed by atoms with Gasteiger partial charge in [0.2, 0.25) is 0 Å². The molecule has 1 amide bonds. The van der Waals surface area contributed by atoms with Gasteiger partial charge < -0.3 is 14.8 Å². The molecule has 0 fully saturated rings. The number of ether oxygens (including phenoxy) is 2. The molecule has 7 nitrogen and oxygen atoms in total. The second-order valence-electron chi connectivity index (χ2n) is 5.72. The molecule has 2 aromatic carbocycles. The van der Waals surface area contributed by atoms with Crippen molar-refractivity contribution < 1.29 is 14.3 Å². The van der Waals surface area contributed by atoms with Gasteiger partial charge in [-0.2, -0.15) is 5.10 Å². The minimum absolute atomic E-state index is 0.231. The zero-order chi connectivity index (χ0) is 18.8. The number of amides is 1. The van der Waals surface area contributed by atoms with Gasteiger partial charge >= 0.3 is 0 Å². The molecule has 0 aliphatic heterocycles. The number of hydrogen-bond donors (Lipinski definition) is 2. The van der Waals surface area contributed by atoms with Gasteiger partial charge in [0.1, 0.15) is 11.5 Å². The lowest BCUT2D eigenvalue weighted by molar-refractivity contribution is 0.102. The van der Waals surface area contributed by atoms with E-state index in [0.717, 1.165) is 21.5 Å². The van der Waals surface area contributed by atoms with Crippen molar-refractivity contribution >= 4 is 33.3 Å². The Bertz CT molecular complexity index is 1120. The fraction of sp³-hybridized carbons (Fsp3) is 0.105. The van der Waals surface area contributed by atoms with Crippen LogP contribution in [0.15, 0.2) is 48.0 Å². The molecule has 27 heavy (non-hydrogen) atoms. The third-order valence-corrected chi connectivity index (χ3v) is 4.90. The van der Waals surface area contributed by atoms with E-state index in [2.05, 4.69) is 20.5 Å². The first-order chi connectivity index (χ1) is 13.2. The zero-order valence-corrected chi connectivity index (χ0v) is 15.5. The van der Waals surface area contributed by atoms with E-state index in [1.165, 1.54) is 11.3 Å².